The van der Waals surface area contributed by atoms with Crippen molar-refractivity contribution in [1.29, 1.82) is 0 Å². The average Bonchev–Trinajstić information content (AvgIpc) is 2.36. The van der Waals surface area contributed by atoms with Crippen LogP contribution in [0, 0.1) is 0 Å². The van der Waals surface area contributed by atoms with Crippen LogP contribution in [0.2, 0.25) is 5.02 Å². The zero-order valence-corrected chi connectivity index (χ0v) is 12.5. The molecular formula is C15H24ClNO2. The summed E-state index contributed by atoms with van der Waals surface area (Å²) in [4.78, 5) is 0. The number of aliphatic hydroxyl groups excluding tert-OH is 1. The first-order valence-electron chi connectivity index (χ1n) is 6.90. The first kappa shape index (κ1) is 16.3. The first-order valence-corrected chi connectivity index (χ1v) is 7.28. The molecule has 108 valence electrons. The van der Waals surface area contributed by atoms with Gasteiger partial charge in [0.25, 0.3) is 0 Å². The summed E-state index contributed by atoms with van der Waals surface area (Å²) in [5.74, 6) is 0.891. The molecule has 1 aromatic carbocycles. The zero-order chi connectivity index (χ0) is 14.1. The maximum absolute atomic E-state index is 8.70. The number of nitrogens with one attached hydrogen (secondary N) is 1. The third-order valence-electron chi connectivity index (χ3n) is 2.71. The Morgan fingerprint density at radius 3 is 2.74 bits per heavy atom. The Balaban J connectivity index is 2.44. The summed E-state index contributed by atoms with van der Waals surface area (Å²) in [7, 11) is 0. The lowest BCUT2D eigenvalue weighted by atomic mass is 10.2. The van der Waals surface area contributed by atoms with Crippen LogP contribution in [-0.2, 0) is 6.54 Å². The molecule has 1 rings (SSSR count). The summed E-state index contributed by atoms with van der Waals surface area (Å²) >= 11 is 6.02. The van der Waals surface area contributed by atoms with E-state index in [1.54, 1.807) is 0 Å². The molecule has 0 saturated carbocycles. The maximum Gasteiger partial charge on any atom is 0.124 e. The van der Waals surface area contributed by atoms with E-state index >= 15 is 0 Å². The molecule has 0 saturated heterocycles. The molecule has 0 amide bonds. The van der Waals surface area contributed by atoms with Crippen molar-refractivity contribution >= 4 is 11.6 Å². The van der Waals surface area contributed by atoms with Gasteiger partial charge in [-0.3, -0.25) is 0 Å². The normalized spacial score (nSPS) is 11.0. The van der Waals surface area contributed by atoms with Crippen molar-refractivity contribution in [3.05, 3.63) is 28.8 Å². The summed E-state index contributed by atoms with van der Waals surface area (Å²) in [6.07, 6.45) is 3.15. The van der Waals surface area contributed by atoms with Crippen molar-refractivity contribution in [2.75, 3.05) is 13.2 Å². The molecule has 2 N–H and O–H groups in total. The molecule has 0 aliphatic heterocycles. The van der Waals surface area contributed by atoms with Crippen molar-refractivity contribution < 1.29 is 9.84 Å². The van der Waals surface area contributed by atoms with E-state index in [0.29, 0.717) is 0 Å². The van der Waals surface area contributed by atoms with Crippen molar-refractivity contribution in [3.63, 3.8) is 0 Å². The largest absolute Gasteiger partial charge is 0.491 e. The standard InChI is InChI=1S/C15H24ClNO2/c1-12(2)19-15-7-6-14(16)10-13(15)11-17-8-4-3-5-9-18/h6-7,10,12,17-18H,3-5,8-9,11H2,1-2H3. The molecule has 0 spiro atoms. The third-order valence-corrected chi connectivity index (χ3v) is 2.95. The van der Waals surface area contributed by atoms with Gasteiger partial charge in [0.05, 0.1) is 6.10 Å². The maximum atomic E-state index is 8.70. The number of ether oxygens (including phenoxy) is 1. The van der Waals surface area contributed by atoms with E-state index < -0.39 is 0 Å². The van der Waals surface area contributed by atoms with Crippen LogP contribution in [0.25, 0.3) is 0 Å². The Labute approximate surface area is 120 Å². The number of unbranched alkanes of at least 4 members (excludes halogenated alkanes) is 2. The predicted molar refractivity (Wildman–Crippen MR) is 79.9 cm³/mol. The highest BCUT2D eigenvalue weighted by atomic mass is 35.5. The number of halogens is 1. The summed E-state index contributed by atoms with van der Waals surface area (Å²) in [5, 5.41) is 12.8. The number of aliphatic hydroxyl groups is 1. The van der Waals surface area contributed by atoms with Gasteiger partial charge in [-0.15, -0.1) is 0 Å². The smallest absolute Gasteiger partial charge is 0.124 e. The van der Waals surface area contributed by atoms with Gasteiger partial charge < -0.3 is 15.2 Å². The summed E-state index contributed by atoms with van der Waals surface area (Å²) in [6.45, 7) is 6.00. The van der Waals surface area contributed by atoms with Crippen LogP contribution in [-0.4, -0.2) is 24.4 Å². The topological polar surface area (TPSA) is 41.5 Å². The van der Waals surface area contributed by atoms with Gasteiger partial charge >= 0.3 is 0 Å². The highest BCUT2D eigenvalue weighted by Gasteiger charge is 2.06. The average molecular weight is 286 g/mol. The summed E-state index contributed by atoms with van der Waals surface area (Å²) in [5.41, 5.74) is 1.09. The molecule has 0 aliphatic rings. The predicted octanol–water partition coefficient (Wildman–Crippen LogP) is 3.38. The van der Waals surface area contributed by atoms with Crippen LogP contribution < -0.4 is 10.1 Å². The molecule has 0 aromatic heterocycles. The number of benzene rings is 1. The first-order chi connectivity index (χ1) is 9.13. The minimum absolute atomic E-state index is 0.157. The Morgan fingerprint density at radius 2 is 2.05 bits per heavy atom. The van der Waals surface area contributed by atoms with Crippen molar-refractivity contribution in [2.24, 2.45) is 0 Å². The fourth-order valence-electron chi connectivity index (χ4n) is 1.82. The van der Waals surface area contributed by atoms with E-state index in [9.17, 15) is 0 Å². The second-order valence-electron chi connectivity index (χ2n) is 4.88. The number of hydrogen-bond acceptors (Lipinski definition) is 3. The Kier molecular flexibility index (Phi) is 7.87. The van der Waals surface area contributed by atoms with Crippen LogP contribution in [0.5, 0.6) is 5.75 Å². The molecule has 0 aliphatic carbocycles. The van der Waals surface area contributed by atoms with Crippen LogP contribution in [0.3, 0.4) is 0 Å². The van der Waals surface area contributed by atoms with Gasteiger partial charge in [-0.25, -0.2) is 0 Å². The van der Waals surface area contributed by atoms with Gasteiger partial charge in [-0.2, -0.15) is 0 Å². The second kappa shape index (κ2) is 9.18. The Hall–Kier alpha value is -0.770. The number of hydrogen-bond donors (Lipinski definition) is 2. The third kappa shape index (κ3) is 6.81. The van der Waals surface area contributed by atoms with Gasteiger partial charge in [0, 0.05) is 23.7 Å². The van der Waals surface area contributed by atoms with E-state index in [-0.39, 0.29) is 12.7 Å². The van der Waals surface area contributed by atoms with Gasteiger partial charge in [0.15, 0.2) is 0 Å². The van der Waals surface area contributed by atoms with Crippen LogP contribution in [0.1, 0.15) is 38.7 Å². The minimum Gasteiger partial charge on any atom is -0.491 e. The zero-order valence-electron chi connectivity index (χ0n) is 11.8. The lowest BCUT2D eigenvalue weighted by molar-refractivity contribution is 0.239. The van der Waals surface area contributed by atoms with Crippen LogP contribution in [0.15, 0.2) is 18.2 Å². The van der Waals surface area contributed by atoms with Crippen LogP contribution in [0.4, 0.5) is 0 Å². The summed E-state index contributed by atoms with van der Waals surface area (Å²) < 4.78 is 5.76. The van der Waals surface area contributed by atoms with E-state index in [1.165, 1.54) is 0 Å². The van der Waals surface area contributed by atoms with E-state index in [2.05, 4.69) is 5.32 Å². The molecule has 4 heteroatoms. The van der Waals surface area contributed by atoms with E-state index in [0.717, 1.165) is 48.7 Å². The number of rotatable bonds is 9. The lowest BCUT2D eigenvalue weighted by Crippen LogP contribution is -2.16. The lowest BCUT2D eigenvalue weighted by Gasteiger charge is -2.15. The quantitative estimate of drug-likeness (QED) is 0.684. The molecule has 19 heavy (non-hydrogen) atoms. The fraction of sp³-hybridized carbons (Fsp3) is 0.600. The highest BCUT2D eigenvalue weighted by molar-refractivity contribution is 6.30. The molecule has 0 radical (unpaired) electrons. The van der Waals surface area contributed by atoms with E-state index in [1.807, 2.05) is 32.0 Å². The monoisotopic (exact) mass is 285 g/mol. The van der Waals surface area contributed by atoms with Crippen LogP contribution >= 0.6 is 11.6 Å². The molecule has 0 unspecified atom stereocenters. The van der Waals surface area contributed by atoms with Crippen molar-refractivity contribution in [1.82, 2.24) is 5.32 Å². The van der Waals surface area contributed by atoms with Gasteiger partial charge in [-0.1, -0.05) is 11.6 Å². The Morgan fingerprint density at radius 1 is 1.26 bits per heavy atom. The molecule has 0 bridgehead atoms. The molecule has 0 fully saturated rings. The summed E-state index contributed by atoms with van der Waals surface area (Å²) in [6, 6.07) is 5.72. The van der Waals surface area contributed by atoms with Gasteiger partial charge in [0.2, 0.25) is 0 Å². The van der Waals surface area contributed by atoms with Gasteiger partial charge in [-0.05, 0) is 57.9 Å². The Bertz CT molecular complexity index is 369. The fourth-order valence-corrected chi connectivity index (χ4v) is 2.01. The SMILES string of the molecule is CC(C)Oc1ccc(Cl)cc1CNCCCCCO. The van der Waals surface area contributed by atoms with Crippen molar-refractivity contribution in [2.45, 2.75) is 45.8 Å². The molecule has 3 nitrogen and oxygen atoms in total. The second-order valence-corrected chi connectivity index (χ2v) is 5.32. The van der Waals surface area contributed by atoms with Crippen molar-refractivity contribution in [3.8, 4) is 5.75 Å². The van der Waals surface area contributed by atoms with Gasteiger partial charge in [0.1, 0.15) is 5.75 Å². The highest BCUT2D eigenvalue weighted by Crippen LogP contribution is 2.23. The minimum atomic E-state index is 0.157. The molecule has 1 aromatic rings. The molecule has 0 atom stereocenters. The van der Waals surface area contributed by atoms with E-state index in [4.69, 9.17) is 21.4 Å². The molecule has 0 heterocycles. The molecular weight excluding hydrogens is 262 g/mol.